The molecule has 194 valence electrons. The maximum Gasteiger partial charge on any atom is 0.407 e. The quantitative estimate of drug-likeness (QED) is 0.428. The van der Waals surface area contributed by atoms with E-state index in [-0.39, 0.29) is 17.9 Å². The van der Waals surface area contributed by atoms with E-state index in [0.29, 0.717) is 43.7 Å². The van der Waals surface area contributed by atoms with Gasteiger partial charge in [0.05, 0.1) is 6.61 Å². The van der Waals surface area contributed by atoms with Gasteiger partial charge in [-0.3, -0.25) is 9.59 Å². The number of amides is 3. The highest BCUT2D eigenvalue weighted by atomic mass is 32.2. The number of likely N-dealkylation sites (tertiary alicyclic amines) is 1. The van der Waals surface area contributed by atoms with Crippen LogP contribution in [0.3, 0.4) is 0 Å². The Bertz CT molecular complexity index is 707. The van der Waals surface area contributed by atoms with Gasteiger partial charge in [0, 0.05) is 29.1 Å². The molecule has 0 unspecified atom stereocenters. The largest absolute Gasteiger partial charge is 0.450 e. The van der Waals surface area contributed by atoms with Crippen LogP contribution in [0.1, 0.15) is 85.0 Å². The van der Waals surface area contributed by atoms with Crippen LogP contribution in [0, 0.1) is 5.92 Å². The van der Waals surface area contributed by atoms with Gasteiger partial charge in [-0.05, 0) is 77.6 Å². The minimum atomic E-state index is -0.754. The van der Waals surface area contributed by atoms with E-state index in [2.05, 4.69) is 10.6 Å². The minimum absolute atomic E-state index is 0.0857. The van der Waals surface area contributed by atoms with Crippen molar-refractivity contribution in [2.75, 3.05) is 19.7 Å². The van der Waals surface area contributed by atoms with E-state index in [4.69, 9.17) is 10.5 Å². The fourth-order valence-corrected chi connectivity index (χ4v) is 6.82. The Morgan fingerprint density at radius 3 is 2.41 bits per heavy atom. The van der Waals surface area contributed by atoms with Crippen molar-refractivity contribution >= 4 is 29.7 Å². The second-order valence-electron chi connectivity index (χ2n) is 10.7. The first-order valence-electron chi connectivity index (χ1n) is 13.2. The number of hydrogen-bond acceptors (Lipinski definition) is 6. The number of hydrogen-bond donors (Lipinski definition) is 3. The van der Waals surface area contributed by atoms with Crippen molar-refractivity contribution in [2.45, 2.75) is 113 Å². The van der Waals surface area contributed by atoms with Crippen LogP contribution in [0.5, 0.6) is 0 Å². The van der Waals surface area contributed by atoms with Crippen LogP contribution >= 0.6 is 11.8 Å². The van der Waals surface area contributed by atoms with Crippen LogP contribution in [-0.2, 0) is 14.3 Å². The van der Waals surface area contributed by atoms with Gasteiger partial charge in [-0.2, -0.15) is 0 Å². The lowest BCUT2D eigenvalue weighted by molar-refractivity contribution is -0.140. The smallest absolute Gasteiger partial charge is 0.407 e. The minimum Gasteiger partial charge on any atom is -0.450 e. The number of nitrogens with one attached hydrogen (secondary N) is 2. The summed E-state index contributed by atoms with van der Waals surface area (Å²) in [5, 5.41) is 6.45. The van der Waals surface area contributed by atoms with Gasteiger partial charge in [0.25, 0.3) is 0 Å². The lowest BCUT2D eigenvalue weighted by atomic mass is 9.86. The van der Waals surface area contributed by atoms with Gasteiger partial charge in [-0.1, -0.05) is 13.3 Å². The van der Waals surface area contributed by atoms with Gasteiger partial charge in [0.15, 0.2) is 0 Å². The van der Waals surface area contributed by atoms with Gasteiger partial charge < -0.3 is 26.0 Å². The fraction of sp³-hybridized carbons (Fsp3) is 0.880. The number of carbonyl (C=O) groups excluding carboxylic acids is 3. The zero-order valence-electron chi connectivity index (χ0n) is 21.1. The monoisotopic (exact) mass is 496 g/mol. The van der Waals surface area contributed by atoms with Crippen LogP contribution in [0.25, 0.3) is 0 Å². The molecular formula is C25H44N4O4S. The first kappa shape index (κ1) is 27.1. The van der Waals surface area contributed by atoms with Crippen molar-refractivity contribution in [1.29, 1.82) is 0 Å². The molecule has 1 saturated heterocycles. The Morgan fingerprint density at radius 2 is 1.79 bits per heavy atom. The molecule has 8 nitrogen and oxygen atoms in total. The molecular weight excluding hydrogens is 452 g/mol. The second-order valence-corrected chi connectivity index (χ2v) is 12.7. The van der Waals surface area contributed by atoms with Crippen LogP contribution in [-0.4, -0.2) is 70.6 Å². The molecule has 3 rings (SSSR count). The number of thioether (sulfide) groups is 1. The number of nitrogens with zero attached hydrogens (tertiary/aromatic N) is 1. The molecule has 4 N–H and O–H groups in total. The highest BCUT2D eigenvalue weighted by Crippen LogP contribution is 2.41. The summed E-state index contributed by atoms with van der Waals surface area (Å²) < 4.78 is 4.73. The molecule has 2 aliphatic carbocycles. The maximum absolute atomic E-state index is 13.8. The van der Waals surface area contributed by atoms with Crippen molar-refractivity contribution < 1.29 is 19.1 Å². The molecule has 3 amide bonds. The molecule has 3 aliphatic rings. The number of alkyl carbamates (subject to hydrolysis) is 1. The van der Waals surface area contributed by atoms with E-state index in [1.54, 1.807) is 16.7 Å². The molecule has 3 fully saturated rings. The van der Waals surface area contributed by atoms with E-state index in [0.717, 1.165) is 44.9 Å². The van der Waals surface area contributed by atoms with Gasteiger partial charge in [0.2, 0.25) is 11.8 Å². The summed E-state index contributed by atoms with van der Waals surface area (Å²) in [6.45, 7) is 7.43. The number of carbonyl (C=O) groups is 3. The zero-order valence-corrected chi connectivity index (χ0v) is 22.0. The van der Waals surface area contributed by atoms with Crippen LogP contribution in [0.15, 0.2) is 0 Å². The van der Waals surface area contributed by atoms with E-state index in [1.165, 1.54) is 6.42 Å². The average Bonchev–Trinajstić information content (AvgIpc) is 3.27. The average molecular weight is 497 g/mol. The van der Waals surface area contributed by atoms with Crippen LogP contribution in [0.2, 0.25) is 0 Å². The number of ether oxygens (including phenoxy) is 1. The lowest BCUT2D eigenvalue weighted by Gasteiger charge is -2.40. The number of rotatable bonds is 10. The molecule has 0 bridgehead atoms. The van der Waals surface area contributed by atoms with E-state index < -0.39 is 22.9 Å². The Labute approximate surface area is 208 Å². The van der Waals surface area contributed by atoms with E-state index in [1.807, 2.05) is 20.8 Å². The first-order valence-corrected chi connectivity index (χ1v) is 14.0. The van der Waals surface area contributed by atoms with Crippen molar-refractivity contribution in [3.63, 3.8) is 0 Å². The molecule has 0 radical (unpaired) electrons. The van der Waals surface area contributed by atoms with Crippen molar-refractivity contribution in [3.8, 4) is 0 Å². The summed E-state index contributed by atoms with van der Waals surface area (Å²) >= 11 is 1.76. The third-order valence-corrected chi connectivity index (χ3v) is 9.11. The van der Waals surface area contributed by atoms with Gasteiger partial charge in [-0.15, -0.1) is 11.8 Å². The third kappa shape index (κ3) is 7.26. The second kappa shape index (κ2) is 12.5. The molecule has 1 heterocycles. The molecule has 2 saturated carbocycles. The zero-order chi connectivity index (χ0) is 24.7. The molecule has 0 spiro atoms. The molecule has 0 aromatic carbocycles. The van der Waals surface area contributed by atoms with Crippen molar-refractivity contribution in [2.24, 2.45) is 11.7 Å². The molecule has 0 aromatic heterocycles. The predicted octanol–water partition coefficient (Wildman–Crippen LogP) is 3.18. The molecule has 1 aliphatic heterocycles. The Hall–Kier alpha value is -1.48. The van der Waals surface area contributed by atoms with Crippen molar-refractivity contribution in [1.82, 2.24) is 15.5 Å². The highest BCUT2D eigenvalue weighted by Gasteiger charge is 2.45. The molecule has 34 heavy (non-hydrogen) atoms. The van der Waals surface area contributed by atoms with Crippen LogP contribution < -0.4 is 16.4 Å². The summed E-state index contributed by atoms with van der Waals surface area (Å²) in [4.78, 5) is 41.0. The van der Waals surface area contributed by atoms with Gasteiger partial charge in [0.1, 0.15) is 12.1 Å². The fourth-order valence-electron chi connectivity index (χ4n) is 5.10. The highest BCUT2D eigenvalue weighted by molar-refractivity contribution is 8.01. The summed E-state index contributed by atoms with van der Waals surface area (Å²) in [7, 11) is 0. The molecule has 9 heteroatoms. The summed E-state index contributed by atoms with van der Waals surface area (Å²) in [6, 6.07) is -0.959. The first-order chi connectivity index (χ1) is 16.2. The SMILES string of the molecule is CCCOC(=O)N[C@@H](C(=O)N1CCC[C@H]1C(=O)NC[C@H]1CC[C@H](N)CC1)C(C)(C)SC1CCC1. The number of nitrogens with two attached hydrogens (primary N) is 1. The lowest BCUT2D eigenvalue weighted by Crippen LogP contribution is -2.60. The predicted molar refractivity (Wildman–Crippen MR) is 136 cm³/mol. The van der Waals surface area contributed by atoms with Crippen LogP contribution in [0.4, 0.5) is 4.79 Å². The summed E-state index contributed by atoms with van der Waals surface area (Å²) in [6.07, 6.45) is 9.13. The van der Waals surface area contributed by atoms with E-state index in [9.17, 15) is 14.4 Å². The molecule has 0 aromatic rings. The summed E-state index contributed by atoms with van der Waals surface area (Å²) in [5.41, 5.74) is 6.00. The molecule has 2 atom stereocenters. The van der Waals surface area contributed by atoms with E-state index >= 15 is 0 Å². The third-order valence-electron chi connectivity index (χ3n) is 7.46. The maximum atomic E-state index is 13.8. The van der Waals surface area contributed by atoms with Gasteiger partial charge >= 0.3 is 6.09 Å². The van der Waals surface area contributed by atoms with Crippen molar-refractivity contribution in [3.05, 3.63) is 0 Å². The standard InChI is InChI=1S/C25H44N4O4S/c1-4-15-33-24(32)28-21(25(2,3)34-19-7-5-8-19)23(31)29-14-6-9-20(29)22(30)27-16-17-10-12-18(26)13-11-17/h17-21H,4-16,26H2,1-3H3,(H,27,30)(H,28,32)/t17-,18-,20-,21-/m0/s1. The Morgan fingerprint density at radius 1 is 1.09 bits per heavy atom. The van der Waals surface area contributed by atoms with Gasteiger partial charge in [-0.25, -0.2) is 4.79 Å². The summed E-state index contributed by atoms with van der Waals surface area (Å²) in [5.74, 6) is 0.180. The Kier molecular flexibility index (Phi) is 9.95. The Balaban J connectivity index is 1.65. The normalized spacial score (nSPS) is 26.5. The topological polar surface area (TPSA) is 114 Å².